The summed E-state index contributed by atoms with van der Waals surface area (Å²) in [6, 6.07) is 15.5. The number of amides is 2. The molecule has 0 aliphatic carbocycles. The Morgan fingerprint density at radius 2 is 1.91 bits per heavy atom. The van der Waals surface area contributed by atoms with E-state index >= 15 is 0 Å². The van der Waals surface area contributed by atoms with Crippen LogP contribution in [0.25, 0.3) is 0 Å². The SMILES string of the molecule is C[C@H]1[C@H]([Si](C)(C)O)[C@@H](CC(=O)N(CCO)Cc2ccccc2)O[C@]12C(=O)N(C)c1ccc(I)cc12. The highest BCUT2D eigenvalue weighted by atomic mass is 127. The fourth-order valence-electron chi connectivity index (χ4n) is 5.87. The molecular formula is C26H33IN2O5Si. The van der Waals surface area contributed by atoms with E-state index in [1.165, 1.54) is 0 Å². The molecule has 2 amide bonds. The number of benzene rings is 2. The first-order valence-electron chi connectivity index (χ1n) is 11.9. The number of carbonyl (C=O) groups is 2. The molecule has 2 N–H and O–H groups in total. The minimum Gasteiger partial charge on any atom is -0.432 e. The van der Waals surface area contributed by atoms with Gasteiger partial charge >= 0.3 is 0 Å². The van der Waals surface area contributed by atoms with E-state index in [9.17, 15) is 19.5 Å². The Bertz CT molecular complexity index is 1110. The Hall–Kier alpha value is -1.79. The zero-order valence-electron chi connectivity index (χ0n) is 20.6. The van der Waals surface area contributed by atoms with Gasteiger partial charge in [0.25, 0.3) is 5.91 Å². The number of carbonyl (C=O) groups excluding carboxylic acids is 2. The maximum absolute atomic E-state index is 13.7. The Labute approximate surface area is 221 Å². The highest BCUT2D eigenvalue weighted by Gasteiger charge is 2.66. The van der Waals surface area contributed by atoms with Crippen LogP contribution in [0.15, 0.2) is 48.5 Å². The van der Waals surface area contributed by atoms with Gasteiger partial charge in [0.1, 0.15) is 0 Å². The normalized spacial score (nSPS) is 25.9. The minimum absolute atomic E-state index is 0.0385. The molecule has 0 unspecified atom stereocenters. The molecule has 2 heterocycles. The molecule has 2 aromatic rings. The number of rotatable bonds is 7. The van der Waals surface area contributed by atoms with Gasteiger partial charge in [0.2, 0.25) is 5.91 Å². The van der Waals surface area contributed by atoms with Gasteiger partial charge in [-0.2, -0.15) is 0 Å². The molecule has 35 heavy (non-hydrogen) atoms. The van der Waals surface area contributed by atoms with Crippen molar-refractivity contribution in [2.24, 2.45) is 5.92 Å². The molecule has 0 aromatic heterocycles. The van der Waals surface area contributed by atoms with Crippen molar-refractivity contribution in [2.75, 3.05) is 25.1 Å². The van der Waals surface area contributed by atoms with Gasteiger partial charge in [-0.05, 0) is 59.4 Å². The van der Waals surface area contributed by atoms with Gasteiger partial charge in [-0.25, -0.2) is 0 Å². The number of nitrogens with zero attached hydrogens (tertiary/aromatic N) is 2. The zero-order chi connectivity index (χ0) is 25.5. The number of anilines is 1. The summed E-state index contributed by atoms with van der Waals surface area (Å²) in [5.74, 6) is -0.624. The standard InChI is InChI=1S/C26H33IN2O5Si/c1-17-24(35(3,4)33)22(15-23(31)29(12-13-30)16-18-8-6-5-7-9-18)34-26(17)20-14-19(27)10-11-21(20)28(2)25(26)32/h5-11,14,17,22,24,30,33H,12-13,15-16H2,1-4H3/t17-,22+,24-,26+/m0/s1. The molecule has 1 spiro atoms. The lowest BCUT2D eigenvalue weighted by molar-refractivity contribution is -0.149. The summed E-state index contributed by atoms with van der Waals surface area (Å²) < 4.78 is 7.64. The third-order valence-corrected chi connectivity index (χ3v) is 10.6. The molecule has 0 bridgehead atoms. The number of hydrogen-bond donors (Lipinski definition) is 2. The molecule has 4 atom stereocenters. The lowest BCUT2D eigenvalue weighted by Crippen LogP contribution is -2.45. The first-order chi connectivity index (χ1) is 16.5. The van der Waals surface area contributed by atoms with E-state index in [0.717, 1.165) is 20.4 Å². The summed E-state index contributed by atoms with van der Waals surface area (Å²) in [7, 11) is -1.10. The molecule has 0 radical (unpaired) electrons. The van der Waals surface area contributed by atoms with Crippen LogP contribution in [0.4, 0.5) is 5.69 Å². The van der Waals surface area contributed by atoms with E-state index in [0.29, 0.717) is 6.54 Å². The van der Waals surface area contributed by atoms with Crippen LogP contribution in [0.3, 0.4) is 0 Å². The molecule has 2 aliphatic rings. The van der Waals surface area contributed by atoms with Crippen LogP contribution < -0.4 is 4.90 Å². The molecule has 9 heteroatoms. The molecule has 188 valence electrons. The monoisotopic (exact) mass is 608 g/mol. The van der Waals surface area contributed by atoms with E-state index in [1.54, 1.807) is 16.8 Å². The minimum atomic E-state index is -2.84. The largest absolute Gasteiger partial charge is 0.432 e. The molecular weight excluding hydrogens is 575 g/mol. The van der Waals surface area contributed by atoms with Gasteiger partial charge in [0.15, 0.2) is 13.9 Å². The van der Waals surface area contributed by atoms with E-state index in [4.69, 9.17) is 4.74 Å². The number of likely N-dealkylation sites (N-methyl/N-ethyl adjacent to an activating group) is 1. The summed E-state index contributed by atoms with van der Waals surface area (Å²) >= 11 is 2.23. The highest BCUT2D eigenvalue weighted by Crippen LogP contribution is 2.59. The van der Waals surface area contributed by atoms with Crippen molar-refractivity contribution in [2.45, 2.75) is 50.2 Å². The zero-order valence-corrected chi connectivity index (χ0v) is 23.7. The van der Waals surface area contributed by atoms with Crippen molar-refractivity contribution >= 4 is 48.4 Å². The number of aliphatic hydroxyl groups is 1. The van der Waals surface area contributed by atoms with Crippen LogP contribution in [0.5, 0.6) is 0 Å². The fraction of sp³-hybridized carbons (Fsp3) is 0.462. The van der Waals surface area contributed by atoms with Crippen molar-refractivity contribution in [1.82, 2.24) is 4.90 Å². The smallest absolute Gasteiger partial charge is 0.264 e. The third kappa shape index (κ3) is 4.68. The van der Waals surface area contributed by atoms with Crippen molar-refractivity contribution < 1.29 is 24.2 Å². The summed E-state index contributed by atoms with van der Waals surface area (Å²) in [5, 5.41) is 9.61. The van der Waals surface area contributed by atoms with Crippen molar-refractivity contribution in [3.8, 4) is 0 Å². The topological polar surface area (TPSA) is 90.3 Å². The van der Waals surface area contributed by atoms with Crippen LogP contribution >= 0.6 is 22.6 Å². The maximum Gasteiger partial charge on any atom is 0.264 e. The first kappa shape index (κ1) is 26.3. The molecule has 1 saturated heterocycles. The Morgan fingerprint density at radius 3 is 2.54 bits per heavy atom. The van der Waals surface area contributed by atoms with Crippen molar-refractivity contribution in [3.05, 3.63) is 63.2 Å². The summed E-state index contributed by atoms with van der Waals surface area (Å²) in [4.78, 5) is 41.8. The lowest BCUT2D eigenvalue weighted by Gasteiger charge is -2.32. The number of ether oxygens (including phenoxy) is 1. The quantitative estimate of drug-likeness (QED) is 0.371. The van der Waals surface area contributed by atoms with E-state index in [-0.39, 0.29) is 42.8 Å². The molecule has 2 aromatic carbocycles. The lowest BCUT2D eigenvalue weighted by atomic mass is 9.82. The second kappa shape index (κ2) is 9.93. The van der Waals surface area contributed by atoms with Crippen LogP contribution in [0.2, 0.25) is 18.6 Å². The van der Waals surface area contributed by atoms with E-state index in [2.05, 4.69) is 22.6 Å². The van der Waals surface area contributed by atoms with Gasteiger partial charge in [-0.3, -0.25) is 9.59 Å². The molecule has 2 aliphatic heterocycles. The molecule has 4 rings (SSSR count). The molecule has 1 fully saturated rings. The predicted octanol–water partition coefficient (Wildman–Crippen LogP) is 3.48. The fourth-order valence-corrected chi connectivity index (χ4v) is 8.92. The Balaban J connectivity index is 1.68. The van der Waals surface area contributed by atoms with Gasteiger partial charge in [-0.15, -0.1) is 0 Å². The van der Waals surface area contributed by atoms with Gasteiger partial charge in [0.05, 0.1) is 24.8 Å². The number of fused-ring (bicyclic) bond motifs is 2. The Kier molecular flexibility index (Phi) is 7.45. The van der Waals surface area contributed by atoms with E-state index in [1.807, 2.05) is 68.5 Å². The first-order valence-corrected chi connectivity index (χ1v) is 16.0. The average Bonchev–Trinajstić information content (AvgIpc) is 3.21. The van der Waals surface area contributed by atoms with Crippen LogP contribution in [0.1, 0.15) is 24.5 Å². The highest BCUT2D eigenvalue weighted by molar-refractivity contribution is 14.1. The third-order valence-electron chi connectivity index (χ3n) is 7.39. The number of hydrogen-bond acceptors (Lipinski definition) is 5. The summed E-state index contributed by atoms with van der Waals surface area (Å²) in [6.45, 7) is 6.10. The summed E-state index contributed by atoms with van der Waals surface area (Å²) in [5.41, 5.74) is 1.03. The second-order valence-corrected chi connectivity index (χ2v) is 15.3. The van der Waals surface area contributed by atoms with Crippen LogP contribution in [-0.4, -0.2) is 61.2 Å². The Morgan fingerprint density at radius 1 is 1.23 bits per heavy atom. The number of aliphatic hydroxyl groups excluding tert-OH is 1. The number of halogens is 1. The van der Waals surface area contributed by atoms with Crippen LogP contribution in [-0.2, 0) is 26.5 Å². The van der Waals surface area contributed by atoms with E-state index < -0.39 is 20.0 Å². The predicted molar refractivity (Wildman–Crippen MR) is 145 cm³/mol. The maximum atomic E-state index is 13.7. The molecule has 7 nitrogen and oxygen atoms in total. The van der Waals surface area contributed by atoms with Gasteiger partial charge in [0, 0.05) is 40.7 Å². The van der Waals surface area contributed by atoms with Crippen molar-refractivity contribution in [1.29, 1.82) is 0 Å². The molecule has 0 saturated carbocycles. The average molecular weight is 609 g/mol. The second-order valence-electron chi connectivity index (χ2n) is 10.1. The van der Waals surface area contributed by atoms with Gasteiger partial charge in [-0.1, -0.05) is 37.3 Å². The van der Waals surface area contributed by atoms with Crippen LogP contribution in [0, 0.1) is 9.49 Å². The summed E-state index contributed by atoms with van der Waals surface area (Å²) in [6.07, 6.45) is -0.570. The van der Waals surface area contributed by atoms with Crippen molar-refractivity contribution in [3.63, 3.8) is 0 Å². The van der Waals surface area contributed by atoms with Gasteiger partial charge < -0.3 is 24.4 Å².